The second-order valence-corrected chi connectivity index (χ2v) is 4.19. The van der Waals surface area contributed by atoms with Gasteiger partial charge in [0, 0.05) is 11.8 Å². The van der Waals surface area contributed by atoms with E-state index in [4.69, 9.17) is 0 Å². The molecular formula is C10H12BrNO. The molecule has 0 saturated heterocycles. The van der Waals surface area contributed by atoms with Crippen LogP contribution in [0.15, 0.2) is 16.9 Å². The highest BCUT2D eigenvalue weighted by Crippen LogP contribution is 2.15. The summed E-state index contributed by atoms with van der Waals surface area (Å²) in [5.41, 5.74) is 1.73. The Bertz CT molecular complexity index is 310. The normalized spacial score (nSPS) is 10.5. The van der Waals surface area contributed by atoms with E-state index in [1.165, 1.54) is 0 Å². The van der Waals surface area contributed by atoms with E-state index in [1.807, 2.05) is 6.07 Å². The number of halogens is 1. The molecule has 0 aliphatic carbocycles. The predicted molar refractivity (Wildman–Crippen MR) is 55.9 cm³/mol. The molecule has 0 bridgehead atoms. The summed E-state index contributed by atoms with van der Waals surface area (Å²) in [4.78, 5) is 14.7. The second-order valence-electron chi connectivity index (χ2n) is 3.44. The SMILES string of the molecule is CC(C)Cc1cnc(Br)c(C=O)c1. The van der Waals surface area contributed by atoms with Gasteiger partial charge < -0.3 is 0 Å². The molecule has 1 heterocycles. The number of aromatic nitrogens is 1. The number of hydrogen-bond acceptors (Lipinski definition) is 2. The molecule has 0 saturated carbocycles. The zero-order valence-electron chi connectivity index (χ0n) is 7.75. The van der Waals surface area contributed by atoms with E-state index in [2.05, 4.69) is 34.8 Å². The van der Waals surface area contributed by atoms with Crippen molar-refractivity contribution in [1.82, 2.24) is 4.98 Å². The average molecular weight is 242 g/mol. The van der Waals surface area contributed by atoms with Crippen molar-refractivity contribution in [1.29, 1.82) is 0 Å². The maximum Gasteiger partial charge on any atom is 0.152 e. The van der Waals surface area contributed by atoms with Crippen LogP contribution in [0.4, 0.5) is 0 Å². The van der Waals surface area contributed by atoms with Crippen molar-refractivity contribution < 1.29 is 4.79 Å². The molecule has 0 aliphatic heterocycles. The van der Waals surface area contributed by atoms with Crippen LogP contribution >= 0.6 is 15.9 Å². The number of pyridine rings is 1. The lowest BCUT2D eigenvalue weighted by atomic mass is 10.0. The summed E-state index contributed by atoms with van der Waals surface area (Å²) in [6, 6.07) is 1.88. The van der Waals surface area contributed by atoms with E-state index in [0.29, 0.717) is 16.1 Å². The van der Waals surface area contributed by atoms with Gasteiger partial charge in [-0.05, 0) is 39.9 Å². The smallest absolute Gasteiger partial charge is 0.152 e. The van der Waals surface area contributed by atoms with Gasteiger partial charge in [0.15, 0.2) is 6.29 Å². The first-order valence-corrected chi connectivity index (χ1v) is 5.02. The molecule has 13 heavy (non-hydrogen) atoms. The zero-order valence-corrected chi connectivity index (χ0v) is 9.34. The van der Waals surface area contributed by atoms with Crippen molar-refractivity contribution in [3.63, 3.8) is 0 Å². The van der Waals surface area contributed by atoms with Crippen molar-refractivity contribution in [3.05, 3.63) is 28.0 Å². The van der Waals surface area contributed by atoms with Crippen LogP contribution in [0.1, 0.15) is 29.8 Å². The number of carbonyl (C=O) groups is 1. The summed E-state index contributed by atoms with van der Waals surface area (Å²) in [5.74, 6) is 0.586. The van der Waals surface area contributed by atoms with Crippen molar-refractivity contribution in [2.75, 3.05) is 0 Å². The molecule has 1 rings (SSSR count). The molecule has 0 amide bonds. The number of carbonyl (C=O) groups excluding carboxylic acids is 1. The van der Waals surface area contributed by atoms with Gasteiger partial charge in [-0.15, -0.1) is 0 Å². The van der Waals surface area contributed by atoms with Crippen molar-refractivity contribution in [2.24, 2.45) is 5.92 Å². The molecule has 1 aromatic heterocycles. The topological polar surface area (TPSA) is 30.0 Å². The van der Waals surface area contributed by atoms with Crippen LogP contribution in [0.3, 0.4) is 0 Å². The Kier molecular flexibility index (Phi) is 3.60. The number of nitrogens with zero attached hydrogens (tertiary/aromatic N) is 1. The average Bonchev–Trinajstić information content (AvgIpc) is 2.07. The minimum atomic E-state index is 0.586. The summed E-state index contributed by atoms with van der Waals surface area (Å²) in [6.07, 6.45) is 3.58. The van der Waals surface area contributed by atoms with Crippen molar-refractivity contribution >= 4 is 22.2 Å². The lowest BCUT2D eigenvalue weighted by molar-refractivity contribution is 0.112. The lowest BCUT2D eigenvalue weighted by Crippen LogP contribution is -1.97. The Morgan fingerprint density at radius 1 is 1.62 bits per heavy atom. The molecule has 0 atom stereocenters. The van der Waals surface area contributed by atoms with Gasteiger partial charge in [-0.1, -0.05) is 13.8 Å². The molecule has 3 heteroatoms. The van der Waals surface area contributed by atoms with Gasteiger partial charge in [0.2, 0.25) is 0 Å². The van der Waals surface area contributed by atoms with Gasteiger partial charge >= 0.3 is 0 Å². The zero-order chi connectivity index (χ0) is 9.84. The monoisotopic (exact) mass is 241 g/mol. The molecule has 0 aliphatic rings. The maximum atomic E-state index is 10.6. The van der Waals surface area contributed by atoms with E-state index in [9.17, 15) is 4.79 Å². The van der Waals surface area contributed by atoms with Gasteiger partial charge in [-0.3, -0.25) is 4.79 Å². The summed E-state index contributed by atoms with van der Waals surface area (Å²) in [7, 11) is 0. The summed E-state index contributed by atoms with van der Waals surface area (Å²) in [6.45, 7) is 4.28. The molecule has 0 fully saturated rings. The molecule has 1 aromatic rings. The fraction of sp³-hybridized carbons (Fsp3) is 0.400. The Morgan fingerprint density at radius 2 is 2.31 bits per heavy atom. The molecule has 0 radical (unpaired) electrons. The van der Waals surface area contributed by atoms with Gasteiger partial charge in [-0.25, -0.2) is 4.98 Å². The Labute approximate surface area is 86.5 Å². The fourth-order valence-corrected chi connectivity index (χ4v) is 1.49. The minimum absolute atomic E-state index is 0.586. The molecule has 70 valence electrons. The van der Waals surface area contributed by atoms with Crippen LogP contribution in [-0.2, 0) is 6.42 Å². The summed E-state index contributed by atoms with van der Waals surface area (Å²) >= 11 is 3.21. The molecule has 0 aromatic carbocycles. The van der Waals surface area contributed by atoms with Crippen LogP contribution in [0.25, 0.3) is 0 Å². The number of aldehydes is 1. The molecule has 0 N–H and O–H groups in total. The Hall–Kier alpha value is -0.700. The third kappa shape index (κ3) is 2.92. The first-order valence-electron chi connectivity index (χ1n) is 4.23. The van der Waals surface area contributed by atoms with E-state index < -0.39 is 0 Å². The van der Waals surface area contributed by atoms with Gasteiger partial charge in [0.1, 0.15) is 4.60 Å². The first-order chi connectivity index (χ1) is 6.13. The van der Waals surface area contributed by atoms with E-state index in [1.54, 1.807) is 6.20 Å². The Balaban J connectivity index is 2.92. The van der Waals surface area contributed by atoms with Crippen LogP contribution < -0.4 is 0 Å². The van der Waals surface area contributed by atoms with E-state index in [0.717, 1.165) is 18.3 Å². The minimum Gasteiger partial charge on any atom is -0.298 e. The third-order valence-corrected chi connectivity index (χ3v) is 2.36. The highest BCUT2D eigenvalue weighted by atomic mass is 79.9. The van der Waals surface area contributed by atoms with Crippen LogP contribution in [0.2, 0.25) is 0 Å². The number of rotatable bonds is 3. The third-order valence-electron chi connectivity index (χ3n) is 1.69. The van der Waals surface area contributed by atoms with Gasteiger partial charge in [0.05, 0.1) is 0 Å². The van der Waals surface area contributed by atoms with E-state index in [-0.39, 0.29) is 0 Å². The van der Waals surface area contributed by atoms with Crippen LogP contribution in [0, 0.1) is 5.92 Å². The Morgan fingerprint density at radius 3 is 2.85 bits per heavy atom. The van der Waals surface area contributed by atoms with Gasteiger partial charge in [-0.2, -0.15) is 0 Å². The quantitative estimate of drug-likeness (QED) is 0.602. The molecule has 0 unspecified atom stereocenters. The second kappa shape index (κ2) is 4.51. The molecular weight excluding hydrogens is 230 g/mol. The predicted octanol–water partition coefficient (Wildman–Crippen LogP) is 2.86. The van der Waals surface area contributed by atoms with Crippen LogP contribution in [-0.4, -0.2) is 11.3 Å². The molecule has 2 nitrogen and oxygen atoms in total. The van der Waals surface area contributed by atoms with Crippen LogP contribution in [0.5, 0.6) is 0 Å². The highest BCUT2D eigenvalue weighted by Gasteiger charge is 2.03. The lowest BCUT2D eigenvalue weighted by Gasteiger charge is -2.05. The van der Waals surface area contributed by atoms with E-state index >= 15 is 0 Å². The van der Waals surface area contributed by atoms with Gasteiger partial charge in [0.25, 0.3) is 0 Å². The first kappa shape index (κ1) is 10.4. The largest absolute Gasteiger partial charge is 0.298 e. The van der Waals surface area contributed by atoms with Crippen molar-refractivity contribution in [2.45, 2.75) is 20.3 Å². The standard InChI is InChI=1S/C10H12BrNO/c1-7(2)3-8-4-9(6-13)10(11)12-5-8/h4-7H,3H2,1-2H3. The molecule has 0 spiro atoms. The maximum absolute atomic E-state index is 10.6. The summed E-state index contributed by atoms with van der Waals surface area (Å²) < 4.78 is 0.620. The highest BCUT2D eigenvalue weighted by molar-refractivity contribution is 9.10. The van der Waals surface area contributed by atoms with Crippen molar-refractivity contribution in [3.8, 4) is 0 Å². The number of hydrogen-bond donors (Lipinski definition) is 0. The fourth-order valence-electron chi connectivity index (χ4n) is 1.18. The summed E-state index contributed by atoms with van der Waals surface area (Å²) in [5, 5.41) is 0.